The van der Waals surface area contributed by atoms with Gasteiger partial charge in [-0.15, -0.1) is 0 Å². The number of amides is 2. The fourth-order valence-corrected chi connectivity index (χ4v) is 3.47. The van der Waals surface area contributed by atoms with E-state index < -0.39 is 11.9 Å². The van der Waals surface area contributed by atoms with Gasteiger partial charge in [0, 0.05) is 10.9 Å². The highest BCUT2D eigenvalue weighted by atomic mass is 16.5. The van der Waals surface area contributed by atoms with Crippen LogP contribution in [0, 0.1) is 0 Å². The quantitative estimate of drug-likeness (QED) is 0.573. The molecular weight excluding hydrogens is 320 g/mol. The molecule has 1 aliphatic rings. The van der Waals surface area contributed by atoms with E-state index in [1.54, 1.807) is 11.5 Å². The largest absolute Gasteiger partial charge is 0.340 e. The molecule has 7 heteroatoms. The molecule has 3 rings (SSSR count). The van der Waals surface area contributed by atoms with E-state index in [0.717, 1.165) is 35.9 Å². The Bertz CT molecular complexity index is 793. The summed E-state index contributed by atoms with van der Waals surface area (Å²) >= 11 is 0. The van der Waals surface area contributed by atoms with E-state index in [4.69, 9.17) is 10.3 Å². The van der Waals surface area contributed by atoms with Crippen LogP contribution in [0.2, 0.25) is 0 Å². The van der Waals surface area contributed by atoms with Crippen molar-refractivity contribution in [3.05, 3.63) is 29.5 Å². The number of aryl methyl sites for hydroxylation is 1. The van der Waals surface area contributed by atoms with Crippen molar-refractivity contribution in [2.75, 3.05) is 0 Å². The Morgan fingerprint density at radius 3 is 2.72 bits per heavy atom. The van der Waals surface area contributed by atoms with Crippen molar-refractivity contribution in [1.82, 2.24) is 20.6 Å². The molecule has 3 N–H and O–H groups in total. The number of rotatable bonds is 5. The molecule has 0 bridgehead atoms. The van der Waals surface area contributed by atoms with E-state index in [1.807, 2.05) is 12.1 Å². The summed E-state index contributed by atoms with van der Waals surface area (Å²) in [5.41, 5.74) is 4.03. The van der Waals surface area contributed by atoms with Gasteiger partial charge in [0.1, 0.15) is 6.04 Å². The molecule has 1 fully saturated rings. The molecule has 2 aromatic rings. The van der Waals surface area contributed by atoms with Crippen molar-refractivity contribution >= 4 is 22.7 Å². The maximum absolute atomic E-state index is 12.4. The molecule has 1 saturated carbocycles. The first kappa shape index (κ1) is 17.4. The number of fused-ring (bicyclic) bond motifs is 1. The fourth-order valence-electron chi connectivity index (χ4n) is 3.47. The van der Waals surface area contributed by atoms with Crippen molar-refractivity contribution in [1.29, 1.82) is 0 Å². The second-order valence-electron chi connectivity index (χ2n) is 6.59. The smallest absolute Gasteiger partial charge is 0.265 e. The molecule has 1 unspecified atom stereocenters. The molecule has 134 valence electrons. The molecule has 0 radical (unpaired) electrons. The molecule has 1 aromatic heterocycles. The number of carbonyl (C=O) groups is 2. The molecule has 0 spiro atoms. The van der Waals surface area contributed by atoms with Gasteiger partial charge in [0.05, 0.1) is 17.3 Å². The van der Waals surface area contributed by atoms with Crippen LogP contribution < -0.4 is 10.8 Å². The van der Waals surface area contributed by atoms with Crippen molar-refractivity contribution in [2.45, 2.75) is 58.0 Å². The topological polar surface area (TPSA) is 96.2 Å². The standard InChI is InChI=1S/C18H24N4O3/c1-3-15-14-9-8-12(18(24)19-11(2)17(23)21-25)10-16(14)22(20-15)13-6-4-5-7-13/h8-11,13,25H,3-7H2,1-2H3,(H,19,24)(H,21,23). The van der Waals surface area contributed by atoms with Gasteiger partial charge in [-0.05, 0) is 38.3 Å². The molecule has 1 aliphatic carbocycles. The van der Waals surface area contributed by atoms with Crippen LogP contribution >= 0.6 is 0 Å². The minimum absolute atomic E-state index is 0.352. The molecule has 2 amide bonds. The van der Waals surface area contributed by atoms with Gasteiger partial charge in [-0.3, -0.25) is 19.5 Å². The lowest BCUT2D eigenvalue weighted by molar-refractivity contribution is -0.130. The average Bonchev–Trinajstić information content (AvgIpc) is 3.27. The highest BCUT2D eigenvalue weighted by molar-refractivity contribution is 6.00. The zero-order chi connectivity index (χ0) is 18.0. The summed E-state index contributed by atoms with van der Waals surface area (Å²) in [4.78, 5) is 23.8. The monoisotopic (exact) mass is 344 g/mol. The van der Waals surface area contributed by atoms with Crippen LogP contribution in [0.3, 0.4) is 0 Å². The van der Waals surface area contributed by atoms with Crippen molar-refractivity contribution in [2.24, 2.45) is 0 Å². The molecule has 7 nitrogen and oxygen atoms in total. The van der Waals surface area contributed by atoms with Crippen LogP contribution in [-0.2, 0) is 11.2 Å². The zero-order valence-corrected chi connectivity index (χ0v) is 14.6. The fraction of sp³-hybridized carbons (Fsp3) is 0.500. The number of nitrogens with one attached hydrogen (secondary N) is 2. The SMILES string of the molecule is CCc1nn(C2CCCC2)c2cc(C(=O)NC(C)C(=O)NO)ccc12. The third-order valence-electron chi connectivity index (χ3n) is 4.90. The highest BCUT2D eigenvalue weighted by Gasteiger charge is 2.22. The first-order chi connectivity index (χ1) is 12.0. The van der Waals surface area contributed by atoms with Crippen molar-refractivity contribution < 1.29 is 14.8 Å². The highest BCUT2D eigenvalue weighted by Crippen LogP contribution is 2.33. The molecule has 1 aromatic carbocycles. The van der Waals surface area contributed by atoms with Crippen LogP contribution in [0.1, 0.15) is 61.6 Å². The van der Waals surface area contributed by atoms with Crippen LogP contribution in [0.15, 0.2) is 18.2 Å². The number of carbonyl (C=O) groups excluding carboxylic acids is 2. The number of nitrogens with zero attached hydrogens (tertiary/aromatic N) is 2. The molecule has 1 atom stereocenters. The molecule has 25 heavy (non-hydrogen) atoms. The Kier molecular flexibility index (Phi) is 5.03. The predicted molar refractivity (Wildman–Crippen MR) is 93.5 cm³/mol. The van der Waals surface area contributed by atoms with Crippen LogP contribution in [0.4, 0.5) is 0 Å². The van der Waals surface area contributed by atoms with E-state index in [0.29, 0.717) is 11.6 Å². The average molecular weight is 344 g/mol. The molecule has 0 aliphatic heterocycles. The summed E-state index contributed by atoms with van der Waals surface area (Å²) in [5, 5.41) is 17.1. The maximum atomic E-state index is 12.4. The first-order valence-corrected chi connectivity index (χ1v) is 8.81. The molecule has 0 saturated heterocycles. The van der Waals surface area contributed by atoms with Gasteiger partial charge in [-0.2, -0.15) is 5.10 Å². The Morgan fingerprint density at radius 1 is 1.36 bits per heavy atom. The van der Waals surface area contributed by atoms with E-state index in [-0.39, 0.29) is 5.91 Å². The number of hydroxylamine groups is 1. The third-order valence-corrected chi connectivity index (χ3v) is 4.90. The second-order valence-corrected chi connectivity index (χ2v) is 6.59. The van der Waals surface area contributed by atoms with E-state index >= 15 is 0 Å². The van der Waals surface area contributed by atoms with Gasteiger partial charge < -0.3 is 5.32 Å². The van der Waals surface area contributed by atoms with Crippen molar-refractivity contribution in [3.8, 4) is 0 Å². The van der Waals surface area contributed by atoms with Crippen molar-refractivity contribution in [3.63, 3.8) is 0 Å². The zero-order valence-electron chi connectivity index (χ0n) is 14.6. The summed E-state index contributed by atoms with van der Waals surface area (Å²) in [6, 6.07) is 5.09. The number of aromatic nitrogens is 2. The number of hydrogen-bond donors (Lipinski definition) is 3. The summed E-state index contributed by atoms with van der Waals surface area (Å²) in [7, 11) is 0. The lowest BCUT2D eigenvalue weighted by atomic mass is 10.1. The van der Waals surface area contributed by atoms with Gasteiger partial charge >= 0.3 is 0 Å². The lowest BCUT2D eigenvalue weighted by Gasteiger charge is -2.13. The van der Waals surface area contributed by atoms with E-state index in [2.05, 4.69) is 16.9 Å². The Morgan fingerprint density at radius 2 is 2.08 bits per heavy atom. The van der Waals surface area contributed by atoms with Gasteiger partial charge in [0.25, 0.3) is 11.8 Å². The van der Waals surface area contributed by atoms with E-state index in [1.165, 1.54) is 19.8 Å². The van der Waals surface area contributed by atoms with Gasteiger partial charge in [-0.1, -0.05) is 25.8 Å². The van der Waals surface area contributed by atoms with Crippen LogP contribution in [0.25, 0.3) is 10.9 Å². The minimum Gasteiger partial charge on any atom is -0.340 e. The normalized spacial score (nSPS) is 16.1. The molecular formula is C18H24N4O3. The summed E-state index contributed by atoms with van der Waals surface area (Å²) in [6.07, 6.45) is 5.49. The Balaban J connectivity index is 1.94. The second kappa shape index (κ2) is 7.23. The number of benzene rings is 1. The number of hydrogen-bond acceptors (Lipinski definition) is 4. The van der Waals surface area contributed by atoms with Gasteiger partial charge in [0.15, 0.2) is 0 Å². The molecule has 1 heterocycles. The van der Waals surface area contributed by atoms with Crippen LogP contribution in [-0.4, -0.2) is 32.8 Å². The first-order valence-electron chi connectivity index (χ1n) is 8.81. The Hall–Kier alpha value is -2.41. The summed E-state index contributed by atoms with van der Waals surface area (Å²) < 4.78 is 2.07. The third kappa shape index (κ3) is 3.37. The maximum Gasteiger partial charge on any atom is 0.265 e. The van der Waals surface area contributed by atoms with Gasteiger partial charge in [-0.25, -0.2) is 5.48 Å². The van der Waals surface area contributed by atoms with E-state index in [9.17, 15) is 9.59 Å². The predicted octanol–water partition coefficient (Wildman–Crippen LogP) is 2.34. The lowest BCUT2D eigenvalue weighted by Crippen LogP contribution is -2.43. The summed E-state index contributed by atoms with van der Waals surface area (Å²) in [5.74, 6) is -1.01. The Labute approximate surface area is 146 Å². The minimum atomic E-state index is -0.820. The summed E-state index contributed by atoms with van der Waals surface area (Å²) in [6.45, 7) is 3.59. The van der Waals surface area contributed by atoms with Gasteiger partial charge in [0.2, 0.25) is 0 Å². The van der Waals surface area contributed by atoms with Crippen LogP contribution in [0.5, 0.6) is 0 Å².